The molecule has 0 radical (unpaired) electrons. The number of fused-ring (bicyclic) bond motifs is 1. The second-order valence-corrected chi connectivity index (χ2v) is 6.34. The van der Waals surface area contributed by atoms with Gasteiger partial charge in [0.25, 0.3) is 5.91 Å². The number of anilines is 1. The lowest BCUT2D eigenvalue weighted by molar-refractivity contribution is -0.139. The van der Waals surface area contributed by atoms with Crippen molar-refractivity contribution in [1.29, 1.82) is 0 Å². The van der Waals surface area contributed by atoms with Crippen LogP contribution >= 0.6 is 0 Å². The van der Waals surface area contributed by atoms with Crippen LogP contribution in [-0.2, 0) is 17.8 Å². The minimum absolute atomic E-state index is 0.306. The summed E-state index contributed by atoms with van der Waals surface area (Å²) in [6, 6.07) is 9.20. The molecule has 1 aliphatic heterocycles. The Bertz CT molecular complexity index is 783. The predicted molar refractivity (Wildman–Crippen MR) is 93.7 cm³/mol. The van der Waals surface area contributed by atoms with E-state index in [1.807, 2.05) is 12.1 Å². The summed E-state index contributed by atoms with van der Waals surface area (Å²) >= 11 is 0. The highest BCUT2D eigenvalue weighted by atomic mass is 16.4. The molecule has 2 unspecified atom stereocenters. The molecule has 0 spiro atoms. The fourth-order valence-electron chi connectivity index (χ4n) is 3.27. The van der Waals surface area contributed by atoms with Gasteiger partial charge >= 0.3 is 5.97 Å². The molecule has 1 amide bonds. The van der Waals surface area contributed by atoms with Gasteiger partial charge < -0.3 is 19.7 Å². The first-order chi connectivity index (χ1) is 12.0. The van der Waals surface area contributed by atoms with Gasteiger partial charge in [-0.05, 0) is 37.5 Å². The molecule has 2 N–H and O–H groups in total. The second-order valence-electron chi connectivity index (χ2n) is 6.34. The molecule has 1 aliphatic rings. The van der Waals surface area contributed by atoms with Crippen LogP contribution < -0.4 is 10.2 Å². The Morgan fingerprint density at radius 1 is 1.36 bits per heavy atom. The number of rotatable bonds is 6. The summed E-state index contributed by atoms with van der Waals surface area (Å²) in [5, 5.41) is 11.7. The van der Waals surface area contributed by atoms with Crippen molar-refractivity contribution < 1.29 is 19.1 Å². The number of carboxylic acid groups (broad SMARTS) is 1. The molecule has 3 rings (SSSR count). The van der Waals surface area contributed by atoms with Crippen LogP contribution in [-0.4, -0.2) is 29.1 Å². The molecule has 132 valence electrons. The Kier molecular flexibility index (Phi) is 4.79. The van der Waals surface area contributed by atoms with E-state index in [4.69, 9.17) is 9.52 Å². The van der Waals surface area contributed by atoms with Crippen LogP contribution in [0.4, 0.5) is 5.69 Å². The summed E-state index contributed by atoms with van der Waals surface area (Å²) in [6.45, 7) is 4.33. The second kappa shape index (κ2) is 7.01. The van der Waals surface area contributed by atoms with Gasteiger partial charge in [-0.2, -0.15) is 0 Å². The van der Waals surface area contributed by atoms with Gasteiger partial charge in [0.05, 0.1) is 18.4 Å². The lowest BCUT2D eigenvalue weighted by atomic mass is 10.1. The summed E-state index contributed by atoms with van der Waals surface area (Å²) < 4.78 is 5.54. The summed E-state index contributed by atoms with van der Waals surface area (Å²) in [7, 11) is 0. The van der Waals surface area contributed by atoms with Crippen molar-refractivity contribution in [1.82, 2.24) is 5.32 Å². The zero-order chi connectivity index (χ0) is 18.0. The highest BCUT2D eigenvalue weighted by molar-refractivity contribution is 5.97. The highest BCUT2D eigenvalue weighted by Crippen LogP contribution is 2.33. The van der Waals surface area contributed by atoms with Crippen molar-refractivity contribution in [3.05, 3.63) is 53.5 Å². The lowest BCUT2D eigenvalue weighted by Crippen LogP contribution is -2.40. The third kappa shape index (κ3) is 3.38. The van der Waals surface area contributed by atoms with E-state index in [0.717, 1.165) is 12.1 Å². The van der Waals surface area contributed by atoms with E-state index in [9.17, 15) is 9.59 Å². The van der Waals surface area contributed by atoms with Gasteiger partial charge in [-0.25, -0.2) is 4.79 Å². The van der Waals surface area contributed by atoms with Crippen LogP contribution in [0.15, 0.2) is 41.0 Å². The molecule has 1 aromatic heterocycles. The standard InChI is InChI=1S/C19H22N2O4/c1-3-15(19(23)24)20-18(22)14-8-9-25-17(14)11-21-12(2)10-13-6-4-5-7-16(13)21/h4-9,12,15H,3,10-11H2,1-2H3,(H,20,22)(H,23,24). The molecular formula is C19H22N2O4. The molecule has 6 nitrogen and oxygen atoms in total. The van der Waals surface area contributed by atoms with E-state index in [1.165, 1.54) is 11.8 Å². The molecule has 0 saturated heterocycles. The number of benzene rings is 1. The van der Waals surface area contributed by atoms with E-state index in [1.54, 1.807) is 13.0 Å². The number of amides is 1. The number of carbonyl (C=O) groups is 2. The summed E-state index contributed by atoms with van der Waals surface area (Å²) in [4.78, 5) is 25.8. The van der Waals surface area contributed by atoms with Gasteiger partial charge in [-0.1, -0.05) is 25.1 Å². The third-order valence-corrected chi connectivity index (χ3v) is 4.66. The molecule has 2 heterocycles. The number of hydrogen-bond donors (Lipinski definition) is 2. The van der Waals surface area contributed by atoms with Gasteiger partial charge in [0.1, 0.15) is 11.8 Å². The van der Waals surface area contributed by atoms with Gasteiger partial charge in [0.2, 0.25) is 0 Å². The van der Waals surface area contributed by atoms with E-state index < -0.39 is 17.9 Å². The molecule has 0 saturated carbocycles. The number of aliphatic carboxylic acids is 1. The minimum atomic E-state index is -1.04. The fraction of sp³-hybridized carbons (Fsp3) is 0.368. The number of para-hydroxylation sites is 1. The van der Waals surface area contributed by atoms with Crippen LogP contribution in [0.25, 0.3) is 0 Å². The van der Waals surface area contributed by atoms with Crippen molar-refractivity contribution >= 4 is 17.6 Å². The average molecular weight is 342 g/mol. The van der Waals surface area contributed by atoms with Crippen LogP contribution in [0.1, 0.15) is 41.9 Å². The molecular weight excluding hydrogens is 320 g/mol. The first-order valence-corrected chi connectivity index (χ1v) is 8.45. The molecule has 1 aromatic carbocycles. The SMILES string of the molecule is CCC(NC(=O)c1ccoc1CN1c2ccccc2CC1C)C(=O)O. The largest absolute Gasteiger partial charge is 0.480 e. The maximum absolute atomic E-state index is 12.4. The van der Waals surface area contributed by atoms with Crippen molar-refractivity contribution in [2.45, 2.75) is 45.3 Å². The maximum Gasteiger partial charge on any atom is 0.326 e. The normalized spacial score (nSPS) is 17.2. The number of nitrogens with zero attached hydrogens (tertiary/aromatic N) is 1. The molecule has 0 fully saturated rings. The molecule has 2 aromatic rings. The van der Waals surface area contributed by atoms with Crippen molar-refractivity contribution in [3.8, 4) is 0 Å². The topological polar surface area (TPSA) is 82.8 Å². The molecule has 6 heteroatoms. The average Bonchev–Trinajstić information content (AvgIpc) is 3.17. The van der Waals surface area contributed by atoms with E-state index >= 15 is 0 Å². The Labute approximate surface area is 146 Å². The molecule has 2 atom stereocenters. The Morgan fingerprint density at radius 3 is 2.84 bits per heavy atom. The van der Waals surface area contributed by atoms with Crippen molar-refractivity contribution in [3.63, 3.8) is 0 Å². The van der Waals surface area contributed by atoms with Crippen LogP contribution in [0.2, 0.25) is 0 Å². The van der Waals surface area contributed by atoms with Crippen LogP contribution in [0.3, 0.4) is 0 Å². The monoisotopic (exact) mass is 342 g/mol. The third-order valence-electron chi connectivity index (χ3n) is 4.66. The number of carboxylic acids is 1. The van der Waals surface area contributed by atoms with E-state index in [0.29, 0.717) is 30.3 Å². The predicted octanol–water partition coefficient (Wildman–Crippen LogP) is 2.82. The number of hydrogen-bond acceptors (Lipinski definition) is 4. The highest BCUT2D eigenvalue weighted by Gasteiger charge is 2.28. The minimum Gasteiger partial charge on any atom is -0.480 e. The first kappa shape index (κ1) is 17.1. The Balaban J connectivity index is 1.78. The smallest absolute Gasteiger partial charge is 0.326 e. The molecule has 0 aliphatic carbocycles. The van der Waals surface area contributed by atoms with Gasteiger partial charge in [0.15, 0.2) is 0 Å². The number of nitrogens with one attached hydrogen (secondary N) is 1. The van der Waals surface area contributed by atoms with Crippen LogP contribution in [0, 0.1) is 0 Å². The number of carbonyl (C=O) groups excluding carboxylic acids is 1. The summed E-state index contributed by atoms with van der Waals surface area (Å²) in [5.41, 5.74) is 2.82. The summed E-state index contributed by atoms with van der Waals surface area (Å²) in [6.07, 6.45) is 2.75. The van der Waals surface area contributed by atoms with Crippen molar-refractivity contribution in [2.75, 3.05) is 4.90 Å². The van der Waals surface area contributed by atoms with E-state index in [-0.39, 0.29) is 0 Å². The maximum atomic E-state index is 12.4. The lowest BCUT2D eigenvalue weighted by Gasteiger charge is -2.24. The molecule has 25 heavy (non-hydrogen) atoms. The molecule has 0 bridgehead atoms. The Morgan fingerprint density at radius 2 is 2.12 bits per heavy atom. The van der Waals surface area contributed by atoms with Crippen LogP contribution in [0.5, 0.6) is 0 Å². The number of furan rings is 1. The summed E-state index contributed by atoms with van der Waals surface area (Å²) in [5.74, 6) is -0.914. The van der Waals surface area contributed by atoms with Gasteiger partial charge in [0, 0.05) is 11.7 Å². The van der Waals surface area contributed by atoms with Crippen molar-refractivity contribution in [2.24, 2.45) is 0 Å². The zero-order valence-corrected chi connectivity index (χ0v) is 14.4. The fourth-order valence-corrected chi connectivity index (χ4v) is 3.27. The van der Waals surface area contributed by atoms with E-state index in [2.05, 4.69) is 29.3 Å². The first-order valence-electron chi connectivity index (χ1n) is 8.45. The van der Waals surface area contributed by atoms with Gasteiger partial charge in [-0.3, -0.25) is 4.79 Å². The quantitative estimate of drug-likeness (QED) is 0.843. The van der Waals surface area contributed by atoms with Gasteiger partial charge in [-0.15, -0.1) is 0 Å². The zero-order valence-electron chi connectivity index (χ0n) is 14.4. The Hall–Kier alpha value is -2.76.